The van der Waals surface area contributed by atoms with Gasteiger partial charge in [0.2, 0.25) is 0 Å². The van der Waals surface area contributed by atoms with Crippen LogP contribution in [0.3, 0.4) is 0 Å². The van der Waals surface area contributed by atoms with Crippen LogP contribution in [-0.2, 0) is 0 Å². The van der Waals surface area contributed by atoms with Gasteiger partial charge in [0, 0.05) is 35.1 Å². The van der Waals surface area contributed by atoms with Crippen molar-refractivity contribution in [2.24, 2.45) is 4.99 Å². The number of rotatable bonds is 4. The molecule has 0 aliphatic carbocycles. The predicted molar refractivity (Wildman–Crippen MR) is 115 cm³/mol. The van der Waals surface area contributed by atoms with Crippen molar-refractivity contribution in [3.63, 3.8) is 0 Å². The molecule has 1 heterocycles. The monoisotopic (exact) mass is 382 g/mol. The first-order valence-corrected chi connectivity index (χ1v) is 9.87. The second-order valence-electron chi connectivity index (χ2n) is 7.96. The number of benzene rings is 2. The Labute approximate surface area is 167 Å². The molecule has 142 valence electrons. The van der Waals surface area contributed by atoms with E-state index in [1.54, 1.807) is 19.1 Å². The lowest BCUT2D eigenvalue weighted by molar-refractivity contribution is 0.101. The zero-order chi connectivity index (χ0) is 19.8. The minimum Gasteiger partial charge on any atom is -0.366 e. The molecule has 3 nitrogen and oxygen atoms in total. The lowest BCUT2D eigenvalue weighted by atomic mass is 9.79. The average Bonchev–Trinajstić information content (AvgIpc) is 2.60. The summed E-state index contributed by atoms with van der Waals surface area (Å²) in [6, 6.07) is 11.6. The Hall–Kier alpha value is -2.13. The predicted octanol–water partition coefficient (Wildman–Crippen LogP) is 6.41. The van der Waals surface area contributed by atoms with E-state index in [0.29, 0.717) is 16.5 Å². The number of anilines is 1. The first kappa shape index (κ1) is 19.6. The van der Waals surface area contributed by atoms with E-state index in [-0.39, 0.29) is 11.3 Å². The molecule has 3 rings (SSSR count). The van der Waals surface area contributed by atoms with E-state index in [9.17, 15) is 4.79 Å². The lowest BCUT2D eigenvalue weighted by Crippen LogP contribution is -2.48. The SMILES string of the molecule is CCN1c2cc(Cl)c(C=Nc3ccc(C(C)=O)cc3)cc2C(C)CC1(C)C. The van der Waals surface area contributed by atoms with Crippen LogP contribution in [0.15, 0.2) is 41.4 Å². The van der Waals surface area contributed by atoms with Crippen LogP contribution in [0, 0.1) is 0 Å². The Kier molecular flexibility index (Phi) is 5.43. The molecule has 0 amide bonds. The molecule has 0 fully saturated rings. The van der Waals surface area contributed by atoms with Crippen molar-refractivity contribution >= 4 is 35.0 Å². The highest BCUT2D eigenvalue weighted by Gasteiger charge is 2.35. The van der Waals surface area contributed by atoms with E-state index in [1.165, 1.54) is 11.3 Å². The van der Waals surface area contributed by atoms with Gasteiger partial charge in [-0.25, -0.2) is 0 Å². The Morgan fingerprint density at radius 2 is 1.96 bits per heavy atom. The van der Waals surface area contributed by atoms with Gasteiger partial charge in [0.25, 0.3) is 0 Å². The Bertz CT molecular complexity index is 884. The summed E-state index contributed by atoms with van der Waals surface area (Å²) in [7, 11) is 0. The fraction of sp³-hybridized carbons (Fsp3) is 0.391. The van der Waals surface area contributed by atoms with Gasteiger partial charge in [-0.1, -0.05) is 18.5 Å². The summed E-state index contributed by atoms with van der Waals surface area (Å²) < 4.78 is 0. The Balaban J connectivity index is 1.94. The fourth-order valence-electron chi connectivity index (χ4n) is 4.14. The molecule has 4 heteroatoms. The summed E-state index contributed by atoms with van der Waals surface area (Å²) >= 11 is 6.59. The van der Waals surface area contributed by atoms with Crippen LogP contribution in [0.25, 0.3) is 0 Å². The normalized spacial score (nSPS) is 18.6. The van der Waals surface area contributed by atoms with Crippen LogP contribution < -0.4 is 4.90 Å². The number of aliphatic imine (C=N–C) groups is 1. The molecule has 1 unspecified atom stereocenters. The molecule has 0 aromatic heterocycles. The molecule has 0 bridgehead atoms. The first-order chi connectivity index (χ1) is 12.7. The van der Waals surface area contributed by atoms with Crippen molar-refractivity contribution in [2.75, 3.05) is 11.4 Å². The summed E-state index contributed by atoms with van der Waals surface area (Å²) in [6.45, 7) is 11.6. The van der Waals surface area contributed by atoms with Crippen LogP contribution >= 0.6 is 11.6 Å². The molecule has 0 radical (unpaired) electrons. The summed E-state index contributed by atoms with van der Waals surface area (Å²) in [5.74, 6) is 0.526. The van der Waals surface area contributed by atoms with Crippen LogP contribution in [0.1, 0.15) is 68.4 Å². The number of carbonyl (C=O) groups excluding carboxylic acids is 1. The number of carbonyl (C=O) groups is 1. The first-order valence-electron chi connectivity index (χ1n) is 9.49. The summed E-state index contributed by atoms with van der Waals surface area (Å²) in [4.78, 5) is 18.4. The molecule has 0 N–H and O–H groups in total. The summed E-state index contributed by atoms with van der Waals surface area (Å²) in [5, 5.41) is 0.709. The number of Topliss-reactive ketones (excluding diaryl/α,β-unsaturated/α-hetero) is 1. The molecule has 0 saturated heterocycles. The molecule has 1 aliphatic rings. The van der Waals surface area contributed by atoms with Crippen LogP contribution in [-0.4, -0.2) is 24.1 Å². The zero-order valence-electron chi connectivity index (χ0n) is 16.7. The van der Waals surface area contributed by atoms with Gasteiger partial charge in [-0.3, -0.25) is 9.79 Å². The van der Waals surface area contributed by atoms with Gasteiger partial charge in [0.15, 0.2) is 5.78 Å². The van der Waals surface area contributed by atoms with Crippen molar-refractivity contribution in [3.8, 4) is 0 Å². The van der Waals surface area contributed by atoms with Gasteiger partial charge < -0.3 is 4.90 Å². The standard InChI is InChI=1S/C23H27ClN2O/c1-6-26-22-12-21(24)18(11-20(22)15(2)13-23(26,4)5)14-25-19-9-7-17(8-10-19)16(3)27/h7-12,14-15H,6,13H2,1-5H3. The maximum atomic E-state index is 11.4. The largest absolute Gasteiger partial charge is 0.366 e. The second kappa shape index (κ2) is 7.47. The van der Waals surface area contributed by atoms with Gasteiger partial charge in [-0.15, -0.1) is 0 Å². The average molecular weight is 383 g/mol. The molecule has 2 aromatic carbocycles. The number of ketones is 1. The van der Waals surface area contributed by atoms with Gasteiger partial charge in [-0.05, 0) is 82.0 Å². The van der Waals surface area contributed by atoms with Crippen LogP contribution in [0.5, 0.6) is 0 Å². The van der Waals surface area contributed by atoms with Crippen molar-refractivity contribution in [3.05, 3.63) is 58.1 Å². The quantitative estimate of drug-likeness (QED) is 0.452. The van der Waals surface area contributed by atoms with E-state index >= 15 is 0 Å². The van der Waals surface area contributed by atoms with E-state index < -0.39 is 0 Å². The van der Waals surface area contributed by atoms with Gasteiger partial charge in [-0.2, -0.15) is 0 Å². The minimum absolute atomic E-state index is 0.0562. The molecule has 1 atom stereocenters. The molecule has 2 aromatic rings. The highest BCUT2D eigenvalue weighted by Crippen LogP contribution is 2.44. The molecule has 0 spiro atoms. The highest BCUT2D eigenvalue weighted by atomic mass is 35.5. The van der Waals surface area contributed by atoms with Crippen molar-refractivity contribution in [1.29, 1.82) is 0 Å². The lowest BCUT2D eigenvalue weighted by Gasteiger charge is -2.47. The number of nitrogens with zero attached hydrogens (tertiary/aromatic N) is 2. The topological polar surface area (TPSA) is 32.7 Å². The maximum Gasteiger partial charge on any atom is 0.159 e. The van der Waals surface area contributed by atoms with Gasteiger partial charge in [0.05, 0.1) is 10.7 Å². The van der Waals surface area contributed by atoms with Gasteiger partial charge >= 0.3 is 0 Å². The minimum atomic E-state index is 0.0562. The van der Waals surface area contributed by atoms with Crippen molar-refractivity contribution in [2.45, 2.75) is 52.5 Å². The van der Waals surface area contributed by atoms with Crippen molar-refractivity contribution in [1.82, 2.24) is 0 Å². The highest BCUT2D eigenvalue weighted by molar-refractivity contribution is 6.33. The zero-order valence-corrected chi connectivity index (χ0v) is 17.5. The van der Waals surface area contributed by atoms with E-state index in [0.717, 1.165) is 24.2 Å². The van der Waals surface area contributed by atoms with Gasteiger partial charge in [0.1, 0.15) is 0 Å². The molecule has 27 heavy (non-hydrogen) atoms. The third-order valence-corrected chi connectivity index (χ3v) is 5.77. The fourth-order valence-corrected chi connectivity index (χ4v) is 4.35. The molecule has 0 saturated carbocycles. The Morgan fingerprint density at radius 3 is 2.56 bits per heavy atom. The molecular weight excluding hydrogens is 356 g/mol. The van der Waals surface area contributed by atoms with E-state index in [1.807, 2.05) is 18.3 Å². The third kappa shape index (κ3) is 3.93. The smallest absolute Gasteiger partial charge is 0.159 e. The van der Waals surface area contributed by atoms with Crippen molar-refractivity contribution < 1.29 is 4.79 Å². The number of hydrogen-bond acceptors (Lipinski definition) is 3. The van der Waals surface area contributed by atoms with E-state index in [2.05, 4.69) is 49.7 Å². The molecular formula is C23H27ClN2O. The summed E-state index contributed by atoms with van der Waals surface area (Å²) in [6.07, 6.45) is 2.92. The second-order valence-corrected chi connectivity index (χ2v) is 8.36. The maximum absolute atomic E-state index is 11.4. The van der Waals surface area contributed by atoms with E-state index in [4.69, 9.17) is 11.6 Å². The Morgan fingerprint density at radius 1 is 1.30 bits per heavy atom. The van der Waals surface area contributed by atoms with Crippen LogP contribution in [0.2, 0.25) is 5.02 Å². The summed E-state index contributed by atoms with van der Waals surface area (Å²) in [5.41, 5.74) is 5.10. The number of fused-ring (bicyclic) bond motifs is 1. The number of halogens is 1. The third-order valence-electron chi connectivity index (χ3n) is 5.45. The van der Waals surface area contributed by atoms with Crippen LogP contribution in [0.4, 0.5) is 11.4 Å². The molecule has 1 aliphatic heterocycles. The number of hydrogen-bond donors (Lipinski definition) is 0.